The molecule has 0 aromatic carbocycles. The summed E-state index contributed by atoms with van der Waals surface area (Å²) in [6.45, 7) is 3.71. The predicted molar refractivity (Wildman–Crippen MR) is 284 cm³/mol. The van der Waals surface area contributed by atoms with Gasteiger partial charge in [-0.25, -0.2) is 4.18 Å². The number of aliphatic hydroxyl groups excluding tert-OH is 3. The highest BCUT2D eigenvalue weighted by atomic mass is 32.3. The van der Waals surface area contributed by atoms with Gasteiger partial charge in [-0.3, -0.25) is 9.35 Å². The third kappa shape index (κ3) is 39.4. The molecule has 6 atom stereocenters. The summed E-state index contributed by atoms with van der Waals surface area (Å²) in [5.41, 5.74) is 0. The van der Waals surface area contributed by atoms with Gasteiger partial charge in [-0.2, -0.15) is 8.42 Å². The minimum atomic E-state index is -5.08. The van der Waals surface area contributed by atoms with Crippen LogP contribution in [-0.4, -0.2) is 97.5 Å². The molecule has 0 saturated carbocycles. The normalized spacial score (nSPS) is 20.0. The maximum atomic E-state index is 12.9. The standard InChI is InChI=1S/C57H94O12S/c1-3-5-7-9-11-13-15-17-19-21-23-25-27-29-31-33-35-37-39-41-43-45-47-65-49-51(50-66-57-55(61)56(69-70(62,63)64)54(60)52(48-58)68-57)67-53(59)46-44-42-40-38-36-34-32-30-28-26-24-22-20-18-16-14-12-10-8-6-4-2/h5-8,11-14,17-20,23-26,29,31,51-52,54-58,60-61H,3-4,9-10,15-16,21-22,27-28,30,32-50H2,1-2H3,(H,62,63,64)/b7-5-,8-6-,13-11-,14-12-,19-17-,20-18-,25-23-,26-24-,31-29-. The third-order valence-corrected chi connectivity index (χ3v) is 11.9. The lowest BCUT2D eigenvalue weighted by Gasteiger charge is -2.41. The number of carbonyl (C=O) groups is 1. The van der Waals surface area contributed by atoms with E-state index >= 15 is 0 Å². The summed E-state index contributed by atoms with van der Waals surface area (Å²) in [7, 11) is -5.08. The second-order valence-electron chi connectivity index (χ2n) is 17.7. The Hall–Kier alpha value is -3.24. The van der Waals surface area contributed by atoms with Crippen LogP contribution in [0.3, 0.4) is 0 Å². The molecule has 1 rings (SSSR count). The molecule has 4 N–H and O–H groups in total. The van der Waals surface area contributed by atoms with Crippen molar-refractivity contribution in [3.63, 3.8) is 0 Å². The molecule has 0 bridgehead atoms. The number of allylic oxidation sites excluding steroid dienone is 18. The van der Waals surface area contributed by atoms with E-state index in [-0.39, 0.29) is 19.6 Å². The van der Waals surface area contributed by atoms with Crippen molar-refractivity contribution in [1.29, 1.82) is 0 Å². The van der Waals surface area contributed by atoms with Gasteiger partial charge in [0, 0.05) is 13.0 Å². The molecule has 0 amide bonds. The number of unbranched alkanes of at least 4 members (excludes halogenated alkanes) is 14. The first-order valence-corrected chi connectivity index (χ1v) is 28.0. The summed E-state index contributed by atoms with van der Waals surface area (Å²) < 4.78 is 59.3. The second kappa shape index (κ2) is 46.8. The van der Waals surface area contributed by atoms with Gasteiger partial charge in [-0.15, -0.1) is 0 Å². The van der Waals surface area contributed by atoms with Crippen molar-refractivity contribution >= 4 is 16.4 Å². The highest BCUT2D eigenvalue weighted by molar-refractivity contribution is 7.80. The van der Waals surface area contributed by atoms with Crippen LogP contribution in [0.4, 0.5) is 0 Å². The molecular weight excluding hydrogens is 909 g/mol. The molecule has 70 heavy (non-hydrogen) atoms. The van der Waals surface area contributed by atoms with Crippen LogP contribution in [0.15, 0.2) is 109 Å². The minimum Gasteiger partial charge on any atom is -0.457 e. The van der Waals surface area contributed by atoms with Crippen molar-refractivity contribution in [2.75, 3.05) is 26.4 Å². The van der Waals surface area contributed by atoms with Gasteiger partial charge in [-0.1, -0.05) is 187 Å². The number of carbonyl (C=O) groups excluding carboxylic acids is 1. The largest absolute Gasteiger partial charge is 0.457 e. The molecular formula is C57H94O12S. The van der Waals surface area contributed by atoms with Crippen molar-refractivity contribution in [3.05, 3.63) is 109 Å². The van der Waals surface area contributed by atoms with E-state index < -0.39 is 59.8 Å². The van der Waals surface area contributed by atoms with E-state index in [4.69, 9.17) is 18.9 Å². The monoisotopic (exact) mass is 1000 g/mol. The Labute approximate surface area is 424 Å². The molecule has 400 valence electrons. The van der Waals surface area contributed by atoms with Gasteiger partial charge in [0.1, 0.15) is 30.5 Å². The molecule has 13 heteroatoms. The van der Waals surface area contributed by atoms with Gasteiger partial charge in [0.25, 0.3) is 0 Å². The molecule has 6 unspecified atom stereocenters. The van der Waals surface area contributed by atoms with Gasteiger partial charge in [-0.05, 0) is 96.3 Å². The van der Waals surface area contributed by atoms with E-state index in [1.54, 1.807) is 0 Å². The Morgan fingerprint density at radius 3 is 1.37 bits per heavy atom. The van der Waals surface area contributed by atoms with Gasteiger partial charge in [0.2, 0.25) is 0 Å². The summed E-state index contributed by atoms with van der Waals surface area (Å²) in [6.07, 6.45) is 56.8. The average Bonchev–Trinajstić information content (AvgIpc) is 3.34. The maximum absolute atomic E-state index is 12.9. The van der Waals surface area contributed by atoms with Crippen LogP contribution < -0.4 is 0 Å². The Bertz CT molecular complexity index is 1630. The van der Waals surface area contributed by atoms with E-state index in [0.717, 1.165) is 128 Å². The van der Waals surface area contributed by atoms with Crippen LogP contribution in [-0.2, 0) is 38.3 Å². The first kappa shape index (κ1) is 64.8. The summed E-state index contributed by atoms with van der Waals surface area (Å²) in [6, 6.07) is 0. The number of hydrogen-bond donors (Lipinski definition) is 4. The average molecular weight is 1000 g/mol. The Kier molecular flexibility index (Phi) is 43.3. The first-order chi connectivity index (χ1) is 34.1. The summed E-state index contributed by atoms with van der Waals surface area (Å²) in [4.78, 5) is 12.9. The number of aliphatic hydroxyl groups is 3. The number of rotatable bonds is 45. The van der Waals surface area contributed by atoms with Gasteiger partial charge < -0.3 is 34.3 Å². The van der Waals surface area contributed by atoms with Gasteiger partial charge >= 0.3 is 16.4 Å². The fourth-order valence-electron chi connectivity index (χ4n) is 7.45. The SMILES string of the molecule is CC/C=C\C/C=C\C/C=C\C/C=C\C/C=C\CCCCCCCCOCC(COC1OC(CO)C(O)C(OS(=O)(=O)O)C1O)OC(=O)CCCCCCCCCC/C=C\C/C=C\C/C=C\C/C=C\CC. The molecule has 12 nitrogen and oxygen atoms in total. The van der Waals surface area contributed by atoms with Crippen molar-refractivity contribution in [2.24, 2.45) is 0 Å². The third-order valence-electron chi connectivity index (χ3n) is 11.4. The summed E-state index contributed by atoms with van der Waals surface area (Å²) >= 11 is 0. The van der Waals surface area contributed by atoms with Crippen molar-refractivity contribution in [1.82, 2.24) is 0 Å². The molecule has 0 aromatic rings. The zero-order chi connectivity index (χ0) is 51.0. The maximum Gasteiger partial charge on any atom is 0.397 e. The van der Waals surface area contributed by atoms with E-state index in [0.29, 0.717) is 13.0 Å². The van der Waals surface area contributed by atoms with Crippen LogP contribution in [0.25, 0.3) is 0 Å². The van der Waals surface area contributed by atoms with E-state index in [1.807, 2.05) is 0 Å². The molecule has 0 radical (unpaired) electrons. The van der Waals surface area contributed by atoms with Crippen LogP contribution in [0.2, 0.25) is 0 Å². The molecule has 1 heterocycles. The molecule has 0 aromatic heterocycles. The fraction of sp³-hybridized carbons (Fsp3) is 0.667. The zero-order valence-electron chi connectivity index (χ0n) is 43.0. The van der Waals surface area contributed by atoms with Crippen LogP contribution in [0.5, 0.6) is 0 Å². The molecule has 1 aliphatic rings. The van der Waals surface area contributed by atoms with E-state index in [9.17, 15) is 33.1 Å². The van der Waals surface area contributed by atoms with Crippen molar-refractivity contribution in [3.8, 4) is 0 Å². The molecule has 0 spiro atoms. The lowest BCUT2D eigenvalue weighted by atomic mass is 9.99. The molecule has 1 fully saturated rings. The summed E-state index contributed by atoms with van der Waals surface area (Å²) in [5, 5.41) is 30.8. The summed E-state index contributed by atoms with van der Waals surface area (Å²) in [5.74, 6) is -0.418. The minimum absolute atomic E-state index is 0.0150. The smallest absolute Gasteiger partial charge is 0.397 e. The lowest BCUT2D eigenvalue weighted by Crippen LogP contribution is -2.60. The molecule has 1 aliphatic heterocycles. The van der Waals surface area contributed by atoms with Crippen LogP contribution >= 0.6 is 0 Å². The first-order valence-electron chi connectivity index (χ1n) is 26.6. The van der Waals surface area contributed by atoms with Crippen molar-refractivity contribution in [2.45, 2.75) is 218 Å². The predicted octanol–water partition coefficient (Wildman–Crippen LogP) is 12.7. The fourth-order valence-corrected chi connectivity index (χ4v) is 7.96. The van der Waals surface area contributed by atoms with E-state index in [1.165, 1.54) is 25.7 Å². The van der Waals surface area contributed by atoms with Crippen LogP contribution in [0, 0.1) is 0 Å². The Morgan fingerprint density at radius 2 is 0.943 bits per heavy atom. The van der Waals surface area contributed by atoms with Gasteiger partial charge in [0.15, 0.2) is 6.29 Å². The zero-order valence-corrected chi connectivity index (χ0v) is 43.8. The van der Waals surface area contributed by atoms with Gasteiger partial charge in [0.05, 0.1) is 19.8 Å². The van der Waals surface area contributed by atoms with Crippen LogP contribution in [0.1, 0.15) is 181 Å². The number of esters is 1. The Balaban J connectivity index is 2.38. The van der Waals surface area contributed by atoms with E-state index in [2.05, 4.69) is 127 Å². The molecule has 0 aliphatic carbocycles. The highest BCUT2D eigenvalue weighted by Gasteiger charge is 2.48. The quantitative estimate of drug-likeness (QED) is 0.0197. The topological polar surface area (TPSA) is 178 Å². The second-order valence-corrected chi connectivity index (χ2v) is 18.7. The lowest BCUT2D eigenvalue weighted by molar-refractivity contribution is -0.301. The number of ether oxygens (including phenoxy) is 4. The Morgan fingerprint density at radius 1 is 0.543 bits per heavy atom. The highest BCUT2D eigenvalue weighted by Crippen LogP contribution is 2.26. The van der Waals surface area contributed by atoms with Crippen molar-refractivity contribution < 1.29 is 56.2 Å². The number of hydrogen-bond acceptors (Lipinski definition) is 11. The molecule has 1 saturated heterocycles.